The topological polar surface area (TPSA) is 114 Å². The Labute approximate surface area is 206 Å². The molecule has 1 aromatic carbocycles. The molecule has 1 aromatic heterocycles. The summed E-state index contributed by atoms with van der Waals surface area (Å²) in [5.74, 6) is 1.47. The standard InChI is InChI=1S/C26H34N6O3/c1-3-11-31(15-19-7-8-19)24(33)16-32-12-5-4-6-22(25(32)34)30-26(28-17-27)29-21-9-10-23-20(14-21)13-18(2)35-23/h9-10,13-14,19,22H,3-8,11-12,15-16H2,1-2H3,(H2,28,29,30)/t22-/m0/s1. The second-order valence-electron chi connectivity index (χ2n) is 9.50. The van der Waals surface area contributed by atoms with Crippen molar-refractivity contribution in [3.8, 4) is 6.19 Å². The Morgan fingerprint density at radius 2 is 2.11 bits per heavy atom. The van der Waals surface area contributed by atoms with Crippen molar-refractivity contribution in [3.63, 3.8) is 0 Å². The first-order chi connectivity index (χ1) is 17.0. The van der Waals surface area contributed by atoms with Gasteiger partial charge in [-0.15, -0.1) is 0 Å². The predicted molar refractivity (Wildman–Crippen MR) is 135 cm³/mol. The number of fused-ring (bicyclic) bond motifs is 1. The van der Waals surface area contributed by atoms with Crippen LogP contribution in [0.15, 0.2) is 33.7 Å². The summed E-state index contributed by atoms with van der Waals surface area (Å²) in [7, 11) is 0. The minimum Gasteiger partial charge on any atom is -0.461 e. The normalized spacial score (nSPS) is 18.8. The number of aryl methyl sites for hydroxylation is 1. The van der Waals surface area contributed by atoms with Crippen LogP contribution in [0, 0.1) is 24.3 Å². The molecule has 35 heavy (non-hydrogen) atoms. The van der Waals surface area contributed by atoms with Gasteiger partial charge in [0.25, 0.3) is 0 Å². The number of nitrogens with zero attached hydrogens (tertiary/aromatic N) is 4. The number of carbonyl (C=O) groups excluding carboxylic acids is 2. The third-order valence-electron chi connectivity index (χ3n) is 6.46. The van der Waals surface area contributed by atoms with Crippen LogP contribution in [0.3, 0.4) is 0 Å². The van der Waals surface area contributed by atoms with Gasteiger partial charge in [-0.05, 0) is 75.6 Å². The molecule has 9 nitrogen and oxygen atoms in total. The van der Waals surface area contributed by atoms with Crippen LogP contribution in [0.5, 0.6) is 0 Å². The monoisotopic (exact) mass is 478 g/mol. The number of guanidine groups is 1. The fourth-order valence-electron chi connectivity index (χ4n) is 4.52. The highest BCUT2D eigenvalue weighted by atomic mass is 16.3. The smallest absolute Gasteiger partial charge is 0.247 e. The van der Waals surface area contributed by atoms with Crippen molar-refractivity contribution in [2.75, 3.05) is 31.5 Å². The van der Waals surface area contributed by atoms with Crippen LogP contribution in [-0.4, -0.2) is 59.8 Å². The van der Waals surface area contributed by atoms with Gasteiger partial charge < -0.3 is 19.5 Å². The number of hydrogen-bond donors (Lipinski definition) is 2. The molecule has 2 aromatic rings. The summed E-state index contributed by atoms with van der Waals surface area (Å²) in [4.78, 5) is 34.5. The van der Waals surface area contributed by atoms with Crippen LogP contribution in [-0.2, 0) is 9.59 Å². The molecule has 2 amide bonds. The number of aliphatic imine (C=N–C) groups is 1. The summed E-state index contributed by atoms with van der Waals surface area (Å²) in [6.07, 6.45) is 7.39. The minimum atomic E-state index is -0.656. The Bertz CT molecular complexity index is 1130. The third-order valence-corrected chi connectivity index (χ3v) is 6.46. The van der Waals surface area contributed by atoms with E-state index in [2.05, 4.69) is 22.5 Å². The molecule has 0 unspecified atom stereocenters. The molecule has 1 aliphatic heterocycles. The fraction of sp³-hybridized carbons (Fsp3) is 0.538. The highest BCUT2D eigenvalue weighted by molar-refractivity contribution is 5.98. The van der Waals surface area contributed by atoms with Gasteiger partial charge in [0.15, 0.2) is 6.19 Å². The Hall–Kier alpha value is -3.54. The summed E-state index contributed by atoms with van der Waals surface area (Å²) >= 11 is 0. The van der Waals surface area contributed by atoms with E-state index in [0.29, 0.717) is 18.9 Å². The van der Waals surface area contributed by atoms with E-state index < -0.39 is 6.04 Å². The van der Waals surface area contributed by atoms with Crippen molar-refractivity contribution in [2.45, 2.75) is 58.4 Å². The maximum atomic E-state index is 13.4. The predicted octanol–water partition coefficient (Wildman–Crippen LogP) is 3.61. The molecular formula is C26H34N6O3. The second-order valence-corrected chi connectivity index (χ2v) is 9.50. The first-order valence-electron chi connectivity index (χ1n) is 12.5. The lowest BCUT2D eigenvalue weighted by molar-refractivity contribution is -0.141. The van der Waals surface area contributed by atoms with Crippen LogP contribution in [0.1, 0.15) is 51.2 Å². The van der Waals surface area contributed by atoms with Crippen molar-refractivity contribution in [1.29, 1.82) is 5.26 Å². The fourth-order valence-corrected chi connectivity index (χ4v) is 4.52. The van der Waals surface area contributed by atoms with Gasteiger partial charge in [-0.3, -0.25) is 14.9 Å². The lowest BCUT2D eigenvalue weighted by Gasteiger charge is -2.27. The number of likely N-dealkylation sites (tertiary alicyclic amines) is 1. The van der Waals surface area contributed by atoms with Crippen molar-refractivity contribution in [1.82, 2.24) is 15.1 Å². The number of anilines is 1. The number of amides is 2. The first kappa shape index (κ1) is 24.6. The first-order valence-corrected chi connectivity index (χ1v) is 12.5. The molecule has 2 fully saturated rings. The number of nitrogens with one attached hydrogen (secondary N) is 2. The number of nitriles is 1. The van der Waals surface area contributed by atoms with Gasteiger partial charge in [-0.1, -0.05) is 6.92 Å². The molecule has 9 heteroatoms. The summed E-state index contributed by atoms with van der Waals surface area (Å²) in [6, 6.07) is 6.87. The molecule has 4 rings (SSSR count). The van der Waals surface area contributed by atoms with E-state index in [1.54, 1.807) is 4.90 Å². The molecule has 2 heterocycles. The van der Waals surface area contributed by atoms with Crippen LogP contribution in [0.25, 0.3) is 11.0 Å². The van der Waals surface area contributed by atoms with Crippen LogP contribution in [0.4, 0.5) is 5.69 Å². The Kier molecular flexibility index (Phi) is 7.91. The second kappa shape index (κ2) is 11.3. The zero-order chi connectivity index (χ0) is 24.8. The average Bonchev–Trinajstić information content (AvgIpc) is 3.59. The van der Waals surface area contributed by atoms with E-state index >= 15 is 0 Å². The molecule has 1 saturated carbocycles. The largest absolute Gasteiger partial charge is 0.461 e. The maximum Gasteiger partial charge on any atom is 0.247 e. The lowest BCUT2D eigenvalue weighted by Crippen LogP contribution is -2.46. The molecule has 186 valence electrons. The summed E-state index contributed by atoms with van der Waals surface area (Å²) < 4.78 is 5.62. The van der Waals surface area contributed by atoms with Crippen molar-refractivity contribution >= 4 is 34.4 Å². The average molecular weight is 479 g/mol. The number of carbonyl (C=O) groups is 2. The van der Waals surface area contributed by atoms with E-state index in [4.69, 9.17) is 4.42 Å². The highest BCUT2D eigenvalue weighted by Crippen LogP contribution is 2.30. The quantitative estimate of drug-likeness (QED) is 0.259. The maximum absolute atomic E-state index is 13.4. The van der Waals surface area contributed by atoms with E-state index in [-0.39, 0.29) is 24.3 Å². The number of benzene rings is 1. The van der Waals surface area contributed by atoms with Crippen molar-refractivity contribution in [2.24, 2.45) is 10.9 Å². The Morgan fingerprint density at radius 3 is 2.86 bits per heavy atom. The summed E-state index contributed by atoms with van der Waals surface area (Å²) in [6.45, 7) is 6.10. The molecule has 0 spiro atoms. The molecule has 0 radical (unpaired) electrons. The molecule has 0 bridgehead atoms. The van der Waals surface area contributed by atoms with Gasteiger partial charge in [0.1, 0.15) is 17.4 Å². The molecule has 2 aliphatic rings. The minimum absolute atomic E-state index is 0.00827. The van der Waals surface area contributed by atoms with Crippen LogP contribution < -0.4 is 10.6 Å². The molecule has 1 aliphatic carbocycles. The van der Waals surface area contributed by atoms with E-state index in [9.17, 15) is 14.9 Å². The van der Waals surface area contributed by atoms with E-state index in [1.807, 2.05) is 42.3 Å². The SMILES string of the molecule is CCCN(CC1CC1)C(=O)CN1CCCC[C@H](N=C(NC#N)Nc2ccc3oc(C)cc3c2)C1=O. The molecule has 1 saturated heterocycles. The zero-order valence-electron chi connectivity index (χ0n) is 20.5. The molecule has 2 N–H and O–H groups in total. The van der Waals surface area contributed by atoms with Gasteiger partial charge in [0.05, 0.1) is 6.54 Å². The van der Waals surface area contributed by atoms with E-state index in [0.717, 1.165) is 54.8 Å². The van der Waals surface area contributed by atoms with E-state index in [1.165, 1.54) is 12.8 Å². The molecule has 1 atom stereocenters. The van der Waals surface area contributed by atoms with Gasteiger partial charge in [-0.25, -0.2) is 4.99 Å². The Balaban J connectivity index is 1.47. The zero-order valence-corrected chi connectivity index (χ0v) is 20.5. The van der Waals surface area contributed by atoms with Gasteiger partial charge in [0, 0.05) is 30.7 Å². The van der Waals surface area contributed by atoms with Crippen LogP contribution >= 0.6 is 0 Å². The van der Waals surface area contributed by atoms with Crippen LogP contribution in [0.2, 0.25) is 0 Å². The Morgan fingerprint density at radius 1 is 1.29 bits per heavy atom. The summed E-state index contributed by atoms with van der Waals surface area (Å²) in [5.41, 5.74) is 1.50. The van der Waals surface area contributed by atoms with Crippen molar-refractivity contribution in [3.05, 3.63) is 30.0 Å². The van der Waals surface area contributed by atoms with Crippen molar-refractivity contribution < 1.29 is 14.0 Å². The molecular weight excluding hydrogens is 444 g/mol. The number of furan rings is 1. The lowest BCUT2D eigenvalue weighted by atomic mass is 10.1. The van der Waals surface area contributed by atoms with Gasteiger partial charge >= 0.3 is 0 Å². The number of hydrogen-bond acceptors (Lipinski definition) is 5. The highest BCUT2D eigenvalue weighted by Gasteiger charge is 2.31. The summed E-state index contributed by atoms with van der Waals surface area (Å²) in [5, 5.41) is 15.9. The number of rotatable bonds is 8. The van der Waals surface area contributed by atoms with Gasteiger partial charge in [0.2, 0.25) is 17.8 Å². The third kappa shape index (κ3) is 6.53. The van der Waals surface area contributed by atoms with Gasteiger partial charge in [-0.2, -0.15) is 5.26 Å².